The molecule has 0 radical (unpaired) electrons. The third kappa shape index (κ3) is 1.59. The van der Waals surface area contributed by atoms with Crippen molar-refractivity contribution < 1.29 is 13.2 Å². The number of hydrogen-bond acceptors (Lipinski definition) is 2. The summed E-state index contributed by atoms with van der Waals surface area (Å²) in [4.78, 5) is 3.85. The molecule has 5 heteroatoms. The summed E-state index contributed by atoms with van der Waals surface area (Å²) >= 11 is 0. The van der Waals surface area contributed by atoms with Crippen LogP contribution in [0.3, 0.4) is 0 Å². The first kappa shape index (κ1) is 11.4. The molecule has 0 saturated heterocycles. The van der Waals surface area contributed by atoms with Crippen LogP contribution in [0.4, 0.5) is 13.2 Å². The first-order chi connectivity index (χ1) is 7.26. The molecule has 0 aromatic carbocycles. The number of halogens is 3. The van der Waals surface area contributed by atoms with E-state index in [0.717, 1.165) is 6.07 Å². The van der Waals surface area contributed by atoms with Crippen LogP contribution in [0.1, 0.15) is 31.0 Å². The van der Waals surface area contributed by atoms with Crippen molar-refractivity contribution in [2.75, 3.05) is 0 Å². The number of alkyl halides is 3. The van der Waals surface area contributed by atoms with Crippen molar-refractivity contribution in [2.24, 2.45) is 11.1 Å². The second kappa shape index (κ2) is 3.20. The van der Waals surface area contributed by atoms with E-state index in [1.54, 1.807) is 0 Å². The lowest BCUT2D eigenvalue weighted by Gasteiger charge is -2.12. The fraction of sp³-hybridized carbons (Fsp3) is 0.545. The highest BCUT2D eigenvalue weighted by molar-refractivity contribution is 5.36. The molecule has 0 aliphatic heterocycles. The van der Waals surface area contributed by atoms with Crippen LogP contribution in [0.25, 0.3) is 0 Å². The molecule has 2 N–H and O–H groups in total. The highest BCUT2D eigenvalue weighted by atomic mass is 19.4. The molecule has 1 aromatic heterocycles. The molecule has 1 heterocycles. The van der Waals surface area contributed by atoms with Gasteiger partial charge in [-0.1, -0.05) is 13.8 Å². The lowest BCUT2D eigenvalue weighted by Crippen LogP contribution is -2.12. The molecular weight excluding hydrogens is 217 g/mol. The Morgan fingerprint density at radius 2 is 1.94 bits per heavy atom. The van der Waals surface area contributed by atoms with E-state index in [1.807, 2.05) is 13.8 Å². The van der Waals surface area contributed by atoms with Crippen LogP contribution in [-0.4, -0.2) is 11.0 Å². The monoisotopic (exact) mass is 230 g/mol. The van der Waals surface area contributed by atoms with Crippen LogP contribution in [0.2, 0.25) is 0 Å². The largest absolute Gasteiger partial charge is 0.418 e. The summed E-state index contributed by atoms with van der Waals surface area (Å²) in [6.07, 6.45) is -2.98. The van der Waals surface area contributed by atoms with Crippen molar-refractivity contribution in [3.63, 3.8) is 0 Å². The van der Waals surface area contributed by atoms with Crippen LogP contribution in [0, 0.1) is 5.41 Å². The second-order valence-corrected chi connectivity index (χ2v) is 4.76. The molecule has 0 spiro atoms. The Morgan fingerprint density at radius 1 is 1.38 bits per heavy atom. The highest BCUT2D eigenvalue weighted by Gasteiger charge is 2.59. The second-order valence-electron chi connectivity index (χ2n) is 4.76. The van der Waals surface area contributed by atoms with Gasteiger partial charge in [-0.05, 0) is 17.5 Å². The lowest BCUT2D eigenvalue weighted by atomic mass is 10.0. The van der Waals surface area contributed by atoms with Gasteiger partial charge in [0.2, 0.25) is 0 Å². The van der Waals surface area contributed by atoms with Gasteiger partial charge in [-0.25, -0.2) is 0 Å². The van der Waals surface area contributed by atoms with Gasteiger partial charge in [-0.2, -0.15) is 13.2 Å². The van der Waals surface area contributed by atoms with Gasteiger partial charge in [-0.15, -0.1) is 0 Å². The summed E-state index contributed by atoms with van der Waals surface area (Å²) in [6.45, 7) is 3.72. The number of nitrogens with zero attached hydrogens (tertiary/aromatic N) is 1. The summed E-state index contributed by atoms with van der Waals surface area (Å²) in [5.74, 6) is -0.301. The quantitative estimate of drug-likeness (QED) is 0.805. The minimum atomic E-state index is -4.36. The van der Waals surface area contributed by atoms with Crippen molar-refractivity contribution in [1.29, 1.82) is 0 Å². The third-order valence-electron chi connectivity index (χ3n) is 3.35. The minimum Gasteiger partial charge on any atom is -0.327 e. The van der Waals surface area contributed by atoms with Gasteiger partial charge < -0.3 is 5.73 Å². The zero-order valence-corrected chi connectivity index (χ0v) is 9.05. The normalized spacial score (nSPS) is 27.9. The van der Waals surface area contributed by atoms with Crippen LogP contribution in [0.5, 0.6) is 0 Å². The van der Waals surface area contributed by atoms with Gasteiger partial charge in [0.1, 0.15) is 0 Å². The summed E-state index contributed by atoms with van der Waals surface area (Å²) in [6, 6.07) is 2.11. The molecule has 2 nitrogen and oxygen atoms in total. The molecule has 1 fully saturated rings. The summed E-state index contributed by atoms with van der Waals surface area (Å²) in [5.41, 5.74) is 4.89. The first-order valence-corrected chi connectivity index (χ1v) is 5.04. The third-order valence-corrected chi connectivity index (χ3v) is 3.35. The molecule has 1 saturated carbocycles. The Hall–Kier alpha value is -1.10. The maximum Gasteiger partial charge on any atom is 0.418 e. The predicted molar refractivity (Wildman–Crippen MR) is 53.7 cm³/mol. The average Bonchev–Trinajstić information content (AvgIpc) is 2.65. The van der Waals surface area contributed by atoms with Gasteiger partial charge >= 0.3 is 6.18 Å². The lowest BCUT2D eigenvalue weighted by molar-refractivity contribution is -0.138. The van der Waals surface area contributed by atoms with Gasteiger partial charge in [0.05, 0.1) is 11.3 Å². The van der Waals surface area contributed by atoms with E-state index in [2.05, 4.69) is 4.98 Å². The molecule has 2 atom stereocenters. The Labute approximate surface area is 91.7 Å². The van der Waals surface area contributed by atoms with Gasteiger partial charge in [-0.3, -0.25) is 4.98 Å². The van der Waals surface area contributed by atoms with E-state index >= 15 is 0 Å². The number of hydrogen-bond donors (Lipinski definition) is 1. The molecule has 1 aliphatic carbocycles. The predicted octanol–water partition coefficient (Wildman–Crippen LogP) is 2.55. The van der Waals surface area contributed by atoms with E-state index in [0.29, 0.717) is 0 Å². The zero-order valence-electron chi connectivity index (χ0n) is 9.05. The van der Waals surface area contributed by atoms with E-state index < -0.39 is 11.7 Å². The standard InChI is InChI=1S/C11H13F3N2/c1-10(2)7(9(10)15)8-6(11(12,13)14)4-3-5-16-8/h3-5,7,9H,15H2,1-2H3/t7-,9-/m0/s1. The van der Waals surface area contributed by atoms with Crippen LogP contribution in [-0.2, 0) is 6.18 Å². The van der Waals surface area contributed by atoms with E-state index in [1.165, 1.54) is 12.3 Å². The Bertz CT molecular complexity index is 412. The smallest absolute Gasteiger partial charge is 0.327 e. The number of nitrogens with two attached hydrogens (primary N) is 1. The molecule has 16 heavy (non-hydrogen) atoms. The van der Waals surface area contributed by atoms with Crippen molar-refractivity contribution in [2.45, 2.75) is 32.0 Å². The SMILES string of the molecule is CC1(C)[C@@H](N)[C@@H]1c1ncccc1C(F)(F)F. The minimum absolute atomic E-state index is 0.0764. The molecule has 1 aliphatic rings. The summed E-state index contributed by atoms with van der Waals surface area (Å²) < 4.78 is 38.2. The van der Waals surface area contributed by atoms with Crippen LogP contribution in [0.15, 0.2) is 18.3 Å². The fourth-order valence-electron chi connectivity index (χ4n) is 2.11. The molecule has 2 rings (SSSR count). The zero-order chi connectivity index (χ0) is 12.1. The van der Waals surface area contributed by atoms with Crippen LogP contribution >= 0.6 is 0 Å². The van der Waals surface area contributed by atoms with E-state index in [4.69, 9.17) is 5.73 Å². The molecule has 0 amide bonds. The number of aromatic nitrogens is 1. The first-order valence-electron chi connectivity index (χ1n) is 5.04. The van der Waals surface area contributed by atoms with Crippen molar-refractivity contribution in [3.8, 4) is 0 Å². The van der Waals surface area contributed by atoms with Gasteiger partial charge in [0.15, 0.2) is 0 Å². The fourth-order valence-corrected chi connectivity index (χ4v) is 2.11. The molecule has 88 valence electrons. The van der Waals surface area contributed by atoms with E-state index in [9.17, 15) is 13.2 Å². The molecule has 0 unspecified atom stereocenters. The molecule has 0 bridgehead atoms. The van der Waals surface area contributed by atoms with Gasteiger partial charge in [0.25, 0.3) is 0 Å². The molecule has 1 aromatic rings. The van der Waals surface area contributed by atoms with E-state index in [-0.39, 0.29) is 23.1 Å². The summed E-state index contributed by atoms with van der Waals surface area (Å²) in [5, 5.41) is 0. The van der Waals surface area contributed by atoms with Crippen molar-refractivity contribution in [1.82, 2.24) is 4.98 Å². The Balaban J connectivity index is 2.44. The highest BCUT2D eigenvalue weighted by Crippen LogP contribution is 2.58. The topological polar surface area (TPSA) is 38.9 Å². The number of rotatable bonds is 1. The maximum absolute atomic E-state index is 12.7. The average molecular weight is 230 g/mol. The summed E-state index contributed by atoms with van der Waals surface area (Å²) in [7, 11) is 0. The Kier molecular flexibility index (Phi) is 2.28. The van der Waals surface area contributed by atoms with Crippen molar-refractivity contribution >= 4 is 0 Å². The maximum atomic E-state index is 12.7. The molecular formula is C11H13F3N2. The number of pyridine rings is 1. The van der Waals surface area contributed by atoms with Crippen molar-refractivity contribution in [3.05, 3.63) is 29.6 Å². The van der Waals surface area contributed by atoms with Crippen LogP contribution < -0.4 is 5.73 Å². The Morgan fingerprint density at radius 3 is 2.38 bits per heavy atom. The van der Waals surface area contributed by atoms with Gasteiger partial charge in [0, 0.05) is 18.2 Å².